The predicted molar refractivity (Wildman–Crippen MR) is 115 cm³/mol. The smallest absolute Gasteiger partial charge is 0.781 e. The van der Waals surface area contributed by atoms with E-state index in [0.717, 1.165) is 25.7 Å². The molecular weight excluding hydrogens is 444 g/mol. The Morgan fingerprint density at radius 2 is 0.733 bits per heavy atom. The summed E-state index contributed by atoms with van der Waals surface area (Å²) < 4.78 is 29.1. The fraction of sp³-hybridized carbons (Fsp3) is 1.00. The molecule has 0 amide bonds. The van der Waals surface area contributed by atoms with E-state index in [0.29, 0.717) is 13.2 Å². The monoisotopic (exact) mass is 488 g/mol. The van der Waals surface area contributed by atoms with E-state index in [1.165, 1.54) is 77.0 Å². The summed E-state index contributed by atoms with van der Waals surface area (Å²) in [6.45, 7) is 5.16. The van der Waals surface area contributed by atoms with Gasteiger partial charge in [0.25, 0.3) is 0 Å². The van der Waals surface area contributed by atoms with Crippen LogP contribution in [-0.2, 0) is 18.2 Å². The van der Waals surface area contributed by atoms with Crippen molar-refractivity contribution >= 4 is 16.5 Å². The zero-order valence-corrected chi connectivity index (χ0v) is 26.2. The molecule has 0 aliphatic heterocycles. The van der Waals surface area contributed by atoms with E-state index >= 15 is 0 Å². The zero-order valence-electron chi connectivity index (χ0n) is 20.2. The molecule has 30 heavy (non-hydrogen) atoms. The van der Waals surface area contributed by atoms with Crippen LogP contribution >= 0.6 is 16.5 Å². The van der Waals surface area contributed by atoms with Gasteiger partial charge in [0, 0.05) is 0 Å². The van der Waals surface area contributed by atoms with E-state index in [2.05, 4.69) is 22.9 Å². The SMILES string of the molecule is CCCCCCCCCCO[PH](=O)[O-].CCCCCCCCCCO[PH](=O)[O-].[Na+].[Na+]. The maximum absolute atomic E-state index is 10.1. The van der Waals surface area contributed by atoms with Crippen LogP contribution in [0.4, 0.5) is 0 Å². The molecule has 0 aliphatic carbocycles. The number of hydrogen-bond donors (Lipinski definition) is 0. The molecule has 10 heteroatoms. The fourth-order valence-corrected chi connectivity index (χ4v) is 3.40. The number of unbranched alkanes of at least 4 members (excludes halogenated alkanes) is 14. The molecule has 0 saturated heterocycles. The van der Waals surface area contributed by atoms with Gasteiger partial charge < -0.3 is 28.0 Å². The van der Waals surface area contributed by atoms with Crippen LogP contribution in [0.25, 0.3) is 0 Å². The van der Waals surface area contributed by atoms with Gasteiger partial charge in [-0.2, -0.15) is 0 Å². The third-order valence-electron chi connectivity index (χ3n) is 4.44. The molecule has 6 nitrogen and oxygen atoms in total. The maximum atomic E-state index is 10.1. The summed E-state index contributed by atoms with van der Waals surface area (Å²) in [6, 6.07) is 0. The molecule has 0 fully saturated rings. The largest absolute Gasteiger partial charge is 1.00 e. The molecule has 2 atom stereocenters. The van der Waals surface area contributed by atoms with Crippen molar-refractivity contribution < 1.29 is 87.1 Å². The van der Waals surface area contributed by atoms with Crippen molar-refractivity contribution in [2.24, 2.45) is 0 Å². The summed E-state index contributed by atoms with van der Waals surface area (Å²) in [7, 11) is -5.88. The summed E-state index contributed by atoms with van der Waals surface area (Å²) in [5.74, 6) is 0. The first-order chi connectivity index (χ1) is 13.5. The Kier molecular flexibility index (Phi) is 47.3. The van der Waals surface area contributed by atoms with Crippen molar-refractivity contribution in [2.75, 3.05) is 13.2 Å². The standard InChI is InChI=1S/2C10H23O3P.2Na/c2*1-2-3-4-5-6-7-8-9-10-13-14(11)12;;/h2*14H,2-10H2,1H3,(H,11,12);;/q;;2*+1/p-2. The Labute approximate surface area is 231 Å². The normalized spacial score (nSPS) is 12.1. The zero-order chi connectivity index (χ0) is 21.3. The van der Waals surface area contributed by atoms with Crippen molar-refractivity contribution in [3.63, 3.8) is 0 Å². The molecule has 0 aliphatic rings. The number of rotatable bonds is 20. The van der Waals surface area contributed by atoms with Gasteiger partial charge in [-0.1, -0.05) is 104 Å². The first kappa shape index (κ1) is 39.5. The summed E-state index contributed by atoms with van der Waals surface area (Å²) in [6.07, 6.45) is 19.4. The molecule has 0 aromatic carbocycles. The molecule has 0 aromatic rings. The van der Waals surface area contributed by atoms with Crippen LogP contribution in [-0.4, -0.2) is 13.2 Å². The molecule has 0 heterocycles. The van der Waals surface area contributed by atoms with E-state index in [1.807, 2.05) is 0 Å². The third kappa shape index (κ3) is 44.1. The van der Waals surface area contributed by atoms with Crippen LogP contribution in [0.5, 0.6) is 0 Å². The summed E-state index contributed by atoms with van der Waals surface area (Å²) in [5.41, 5.74) is 0. The van der Waals surface area contributed by atoms with Gasteiger partial charge in [0.15, 0.2) is 0 Å². The van der Waals surface area contributed by atoms with Crippen LogP contribution in [0.2, 0.25) is 0 Å². The Hall–Kier alpha value is 2.30. The van der Waals surface area contributed by atoms with E-state index in [9.17, 15) is 18.9 Å². The second-order valence-electron chi connectivity index (χ2n) is 7.15. The minimum Gasteiger partial charge on any atom is -0.781 e. The molecule has 0 radical (unpaired) electrons. The Morgan fingerprint density at radius 1 is 0.500 bits per heavy atom. The predicted octanol–water partition coefficient (Wildman–Crippen LogP) is -0.205. The maximum Gasteiger partial charge on any atom is 1.00 e. The first-order valence-corrected chi connectivity index (χ1v) is 13.7. The van der Waals surface area contributed by atoms with E-state index in [-0.39, 0.29) is 59.1 Å². The van der Waals surface area contributed by atoms with Gasteiger partial charge in [0.05, 0.1) is 13.2 Å². The first-order valence-electron chi connectivity index (χ1n) is 11.2. The second kappa shape index (κ2) is 35.9. The second-order valence-corrected chi connectivity index (χ2v) is 8.72. The third-order valence-corrected chi connectivity index (χ3v) is 5.32. The van der Waals surface area contributed by atoms with E-state index in [4.69, 9.17) is 0 Å². The Bertz CT molecular complexity index is 321. The molecule has 0 bridgehead atoms. The minimum atomic E-state index is -2.94. The van der Waals surface area contributed by atoms with Gasteiger partial charge >= 0.3 is 59.1 Å². The van der Waals surface area contributed by atoms with Crippen LogP contribution in [0, 0.1) is 0 Å². The van der Waals surface area contributed by atoms with Crippen molar-refractivity contribution in [1.82, 2.24) is 0 Å². The van der Waals surface area contributed by atoms with Crippen LogP contribution in [0.3, 0.4) is 0 Å². The van der Waals surface area contributed by atoms with Gasteiger partial charge in [-0.15, -0.1) is 0 Å². The summed E-state index contributed by atoms with van der Waals surface area (Å²) in [4.78, 5) is 20.1. The quantitative estimate of drug-likeness (QED) is 0.134. The molecule has 172 valence electrons. The number of hydrogen-bond acceptors (Lipinski definition) is 6. The molecule has 2 unspecified atom stereocenters. The minimum absolute atomic E-state index is 0. The molecule has 0 saturated carbocycles. The van der Waals surface area contributed by atoms with Crippen molar-refractivity contribution in [2.45, 2.75) is 117 Å². The average Bonchev–Trinajstić information content (AvgIpc) is 2.65. The van der Waals surface area contributed by atoms with Crippen molar-refractivity contribution in [3.8, 4) is 0 Å². The summed E-state index contributed by atoms with van der Waals surface area (Å²) >= 11 is 0. The Morgan fingerprint density at radius 3 is 0.967 bits per heavy atom. The van der Waals surface area contributed by atoms with E-state index < -0.39 is 16.5 Å². The van der Waals surface area contributed by atoms with E-state index in [1.54, 1.807) is 0 Å². The topological polar surface area (TPSA) is 98.7 Å². The molecule has 0 spiro atoms. The average molecular weight is 488 g/mol. The van der Waals surface area contributed by atoms with Crippen LogP contribution in [0.1, 0.15) is 117 Å². The molecule has 0 aromatic heterocycles. The van der Waals surface area contributed by atoms with Crippen LogP contribution in [0.15, 0.2) is 0 Å². The fourth-order valence-electron chi connectivity index (χ4n) is 2.78. The van der Waals surface area contributed by atoms with Gasteiger partial charge in [0.1, 0.15) is 16.5 Å². The molecule has 0 rings (SSSR count). The molecular formula is C20H44Na2O6P2. The van der Waals surface area contributed by atoms with Crippen molar-refractivity contribution in [1.29, 1.82) is 0 Å². The van der Waals surface area contributed by atoms with Gasteiger partial charge in [0.2, 0.25) is 0 Å². The van der Waals surface area contributed by atoms with Gasteiger partial charge in [-0.05, 0) is 12.8 Å². The van der Waals surface area contributed by atoms with Crippen molar-refractivity contribution in [3.05, 3.63) is 0 Å². The van der Waals surface area contributed by atoms with Gasteiger partial charge in [-0.3, -0.25) is 0 Å². The molecule has 0 N–H and O–H groups in total. The van der Waals surface area contributed by atoms with Crippen LogP contribution < -0.4 is 68.9 Å². The van der Waals surface area contributed by atoms with Gasteiger partial charge in [-0.25, -0.2) is 0 Å². The Balaban J connectivity index is -0.000000211. The summed E-state index contributed by atoms with van der Waals surface area (Å²) in [5, 5.41) is 0.